The summed E-state index contributed by atoms with van der Waals surface area (Å²) >= 11 is 0. The highest BCUT2D eigenvalue weighted by Gasteiger charge is 2.34. The first-order valence-corrected chi connectivity index (χ1v) is 12.4. The molecule has 1 heterocycles. The fraction of sp³-hybridized carbons (Fsp3) is 0.417. The van der Waals surface area contributed by atoms with Gasteiger partial charge in [-0.25, -0.2) is 13.2 Å². The smallest absolute Gasteiger partial charge is 0.339 e. The fourth-order valence-electron chi connectivity index (χ4n) is 4.10. The average molecular weight is 459 g/mol. The first-order valence-electron chi connectivity index (χ1n) is 10.9. The van der Waals surface area contributed by atoms with Crippen molar-refractivity contribution in [3.05, 3.63) is 59.2 Å². The molecule has 0 bridgehead atoms. The molecule has 0 aliphatic carbocycles. The Balaban J connectivity index is 1.72. The Bertz CT molecular complexity index is 1070. The summed E-state index contributed by atoms with van der Waals surface area (Å²) in [5.41, 5.74) is 3.08. The molecule has 1 saturated heterocycles. The van der Waals surface area contributed by atoms with E-state index in [0.717, 1.165) is 29.7 Å². The van der Waals surface area contributed by atoms with Gasteiger partial charge in [-0.15, -0.1) is 0 Å². The summed E-state index contributed by atoms with van der Waals surface area (Å²) in [5.74, 6) is -1.04. The molecule has 8 heteroatoms. The lowest BCUT2D eigenvalue weighted by molar-refractivity contribution is -0.120. The SMILES string of the molecule is CCc1cccc(CC)c1NC(=O)C1CCN(S(=O)(=O)c2ccccc2C(=O)OC)CC1. The zero-order valence-electron chi connectivity index (χ0n) is 18.8. The van der Waals surface area contributed by atoms with E-state index in [1.165, 1.54) is 23.5 Å². The number of anilines is 1. The van der Waals surface area contributed by atoms with Crippen LogP contribution in [0.15, 0.2) is 47.4 Å². The number of hydrogen-bond acceptors (Lipinski definition) is 5. The summed E-state index contributed by atoms with van der Waals surface area (Å²) in [6, 6.07) is 12.1. The van der Waals surface area contributed by atoms with Crippen LogP contribution in [0.4, 0.5) is 5.69 Å². The molecule has 0 spiro atoms. The van der Waals surface area contributed by atoms with E-state index in [1.54, 1.807) is 12.1 Å². The van der Waals surface area contributed by atoms with E-state index in [1.807, 2.05) is 18.2 Å². The van der Waals surface area contributed by atoms with Crippen molar-refractivity contribution in [2.45, 2.75) is 44.4 Å². The second-order valence-corrected chi connectivity index (χ2v) is 9.72. The second kappa shape index (κ2) is 10.3. The van der Waals surface area contributed by atoms with Gasteiger partial charge in [-0.2, -0.15) is 4.31 Å². The molecule has 172 valence electrons. The second-order valence-electron chi connectivity index (χ2n) is 7.81. The van der Waals surface area contributed by atoms with Crippen molar-refractivity contribution in [2.24, 2.45) is 5.92 Å². The normalized spacial score (nSPS) is 15.3. The van der Waals surface area contributed by atoms with Crippen molar-refractivity contribution >= 4 is 27.6 Å². The van der Waals surface area contributed by atoms with Gasteiger partial charge in [0, 0.05) is 24.7 Å². The number of esters is 1. The van der Waals surface area contributed by atoms with Gasteiger partial charge in [0.05, 0.1) is 17.6 Å². The number of carbonyl (C=O) groups is 2. The minimum Gasteiger partial charge on any atom is -0.465 e. The number of methoxy groups -OCH3 is 1. The Morgan fingerprint density at radius 1 is 1.00 bits per heavy atom. The van der Waals surface area contributed by atoms with E-state index in [-0.39, 0.29) is 35.4 Å². The summed E-state index contributed by atoms with van der Waals surface area (Å²) in [6.45, 7) is 4.54. The van der Waals surface area contributed by atoms with Crippen LogP contribution in [0.1, 0.15) is 48.2 Å². The molecule has 1 amide bonds. The predicted molar refractivity (Wildman–Crippen MR) is 123 cm³/mol. The van der Waals surface area contributed by atoms with Crippen LogP contribution in [-0.4, -0.2) is 44.8 Å². The molecule has 3 rings (SSSR count). The van der Waals surface area contributed by atoms with Crippen LogP contribution in [0.2, 0.25) is 0 Å². The molecule has 1 aliphatic rings. The zero-order chi connectivity index (χ0) is 23.3. The molecule has 2 aromatic carbocycles. The Labute approximate surface area is 189 Å². The Morgan fingerprint density at radius 3 is 2.16 bits per heavy atom. The van der Waals surface area contributed by atoms with Crippen LogP contribution in [0, 0.1) is 5.92 Å². The van der Waals surface area contributed by atoms with Crippen LogP contribution >= 0.6 is 0 Å². The molecule has 1 N–H and O–H groups in total. The lowest BCUT2D eigenvalue weighted by atomic mass is 9.96. The number of para-hydroxylation sites is 1. The number of benzene rings is 2. The third-order valence-electron chi connectivity index (χ3n) is 5.98. The topological polar surface area (TPSA) is 92.8 Å². The van der Waals surface area contributed by atoms with Gasteiger partial charge in [0.1, 0.15) is 0 Å². The number of nitrogens with zero attached hydrogens (tertiary/aromatic N) is 1. The molecular weight excluding hydrogens is 428 g/mol. The van der Waals surface area contributed by atoms with Gasteiger partial charge in [0.25, 0.3) is 0 Å². The first kappa shape index (κ1) is 23.9. The molecule has 7 nitrogen and oxygen atoms in total. The highest BCUT2D eigenvalue weighted by Crippen LogP contribution is 2.28. The van der Waals surface area contributed by atoms with Gasteiger partial charge in [-0.3, -0.25) is 4.79 Å². The van der Waals surface area contributed by atoms with Crippen molar-refractivity contribution < 1.29 is 22.7 Å². The van der Waals surface area contributed by atoms with Crippen LogP contribution in [0.3, 0.4) is 0 Å². The van der Waals surface area contributed by atoms with E-state index in [0.29, 0.717) is 12.8 Å². The Hall–Kier alpha value is -2.71. The van der Waals surface area contributed by atoms with E-state index < -0.39 is 16.0 Å². The minimum absolute atomic E-state index is 0.0122. The summed E-state index contributed by atoms with van der Waals surface area (Å²) in [7, 11) is -2.66. The van der Waals surface area contributed by atoms with E-state index in [4.69, 9.17) is 4.74 Å². The maximum atomic E-state index is 13.2. The van der Waals surface area contributed by atoms with Crippen LogP contribution < -0.4 is 5.32 Å². The van der Waals surface area contributed by atoms with E-state index in [2.05, 4.69) is 19.2 Å². The maximum Gasteiger partial charge on any atom is 0.339 e. The van der Waals surface area contributed by atoms with Gasteiger partial charge in [-0.1, -0.05) is 44.2 Å². The molecule has 1 fully saturated rings. The van der Waals surface area contributed by atoms with Crippen molar-refractivity contribution in [3.63, 3.8) is 0 Å². The largest absolute Gasteiger partial charge is 0.465 e. The van der Waals surface area contributed by atoms with Crippen LogP contribution in [0.25, 0.3) is 0 Å². The quantitative estimate of drug-likeness (QED) is 0.640. The van der Waals surface area contributed by atoms with Gasteiger partial charge < -0.3 is 10.1 Å². The summed E-state index contributed by atoms with van der Waals surface area (Å²) in [5, 5.41) is 3.10. The predicted octanol–water partition coefficient (Wildman–Crippen LogP) is 3.64. The van der Waals surface area contributed by atoms with Crippen molar-refractivity contribution in [1.82, 2.24) is 4.31 Å². The molecule has 0 aromatic heterocycles. The number of ether oxygens (including phenoxy) is 1. The Morgan fingerprint density at radius 2 is 1.59 bits per heavy atom. The average Bonchev–Trinajstić information content (AvgIpc) is 2.83. The molecule has 0 unspecified atom stereocenters. The monoisotopic (exact) mass is 458 g/mol. The molecular formula is C24H30N2O5S. The zero-order valence-corrected chi connectivity index (χ0v) is 19.6. The fourth-order valence-corrected chi connectivity index (χ4v) is 5.75. The van der Waals surface area contributed by atoms with Gasteiger partial charge in [0.15, 0.2) is 0 Å². The number of nitrogens with one attached hydrogen (secondary N) is 1. The van der Waals surface area contributed by atoms with Gasteiger partial charge in [-0.05, 0) is 48.9 Å². The minimum atomic E-state index is -3.88. The maximum absolute atomic E-state index is 13.2. The van der Waals surface area contributed by atoms with Crippen molar-refractivity contribution in [3.8, 4) is 0 Å². The number of rotatable bonds is 7. The lowest BCUT2D eigenvalue weighted by Gasteiger charge is -2.31. The number of aryl methyl sites for hydroxylation is 2. The molecule has 0 radical (unpaired) electrons. The van der Waals surface area contributed by atoms with Gasteiger partial charge in [0.2, 0.25) is 15.9 Å². The highest BCUT2D eigenvalue weighted by molar-refractivity contribution is 7.89. The lowest BCUT2D eigenvalue weighted by Crippen LogP contribution is -2.41. The molecule has 1 aliphatic heterocycles. The van der Waals surface area contributed by atoms with Crippen molar-refractivity contribution in [1.29, 1.82) is 0 Å². The molecule has 32 heavy (non-hydrogen) atoms. The number of piperidine rings is 1. The molecule has 0 saturated carbocycles. The van der Waals surface area contributed by atoms with E-state index in [9.17, 15) is 18.0 Å². The summed E-state index contributed by atoms with van der Waals surface area (Å²) < 4.78 is 32.4. The number of hydrogen-bond donors (Lipinski definition) is 1. The number of carbonyl (C=O) groups excluding carboxylic acids is 2. The summed E-state index contributed by atoms with van der Waals surface area (Å²) in [4.78, 5) is 24.9. The van der Waals surface area contributed by atoms with Crippen molar-refractivity contribution in [2.75, 3.05) is 25.5 Å². The van der Waals surface area contributed by atoms with E-state index >= 15 is 0 Å². The van der Waals surface area contributed by atoms with Crippen LogP contribution in [-0.2, 0) is 32.4 Å². The number of sulfonamides is 1. The Kier molecular flexibility index (Phi) is 7.69. The molecule has 0 atom stereocenters. The number of amides is 1. The van der Waals surface area contributed by atoms with Crippen LogP contribution in [0.5, 0.6) is 0 Å². The van der Waals surface area contributed by atoms with Gasteiger partial charge >= 0.3 is 5.97 Å². The summed E-state index contributed by atoms with van der Waals surface area (Å²) in [6.07, 6.45) is 2.47. The third-order valence-corrected chi connectivity index (χ3v) is 7.94. The third kappa shape index (κ3) is 4.86. The standard InChI is InChI=1S/C24H30N2O5S/c1-4-17-9-8-10-18(5-2)22(17)25-23(27)19-13-15-26(16-14-19)32(29,30)21-12-7-6-11-20(21)24(28)31-3/h6-12,19H,4-5,13-16H2,1-3H3,(H,25,27). The first-order chi connectivity index (χ1) is 15.3. The highest BCUT2D eigenvalue weighted by atomic mass is 32.2. The molecule has 2 aromatic rings.